The van der Waals surface area contributed by atoms with E-state index in [-0.39, 0.29) is 0 Å². The third-order valence-corrected chi connectivity index (χ3v) is 4.84. The summed E-state index contributed by atoms with van der Waals surface area (Å²) in [6.45, 7) is 4.34. The smallest absolute Gasteiger partial charge is 0.129 e. The van der Waals surface area contributed by atoms with Gasteiger partial charge in [0.1, 0.15) is 5.75 Å². The second-order valence-corrected chi connectivity index (χ2v) is 6.73. The van der Waals surface area contributed by atoms with Crippen LogP contribution in [-0.2, 0) is 6.54 Å². The van der Waals surface area contributed by atoms with Crippen molar-refractivity contribution in [2.24, 2.45) is 11.8 Å². The third-order valence-electron chi connectivity index (χ3n) is 4.21. The first-order valence-corrected chi connectivity index (χ1v) is 8.12. The lowest BCUT2D eigenvalue weighted by atomic mass is 9.81. The van der Waals surface area contributed by atoms with Crippen molar-refractivity contribution in [2.45, 2.75) is 45.6 Å². The highest BCUT2D eigenvalue weighted by atomic mass is 79.9. The molecule has 0 aliphatic heterocycles. The Morgan fingerprint density at radius 2 is 2.00 bits per heavy atom. The fourth-order valence-corrected chi connectivity index (χ4v) is 3.24. The van der Waals surface area contributed by atoms with Crippen LogP contribution in [0.5, 0.6) is 5.75 Å². The number of aromatic hydroxyl groups is 1. The summed E-state index contributed by atoms with van der Waals surface area (Å²) in [6, 6.07) is 5.68. The van der Waals surface area contributed by atoms with Crippen molar-refractivity contribution < 1.29 is 5.11 Å². The molecule has 2 rings (SSSR count). The first-order chi connectivity index (χ1) is 9.15. The molecule has 0 amide bonds. The summed E-state index contributed by atoms with van der Waals surface area (Å²) in [5.41, 5.74) is 1.21. The zero-order chi connectivity index (χ0) is 13.7. The molecule has 19 heavy (non-hydrogen) atoms. The lowest BCUT2D eigenvalue weighted by molar-refractivity contribution is 0.275. The number of phenolic OH excluding ortho intramolecular Hbond substituents is 1. The Morgan fingerprint density at radius 1 is 1.26 bits per heavy atom. The van der Waals surface area contributed by atoms with Crippen molar-refractivity contribution in [3.8, 4) is 5.75 Å². The van der Waals surface area contributed by atoms with Gasteiger partial charge in [0, 0.05) is 6.54 Å². The second-order valence-electron chi connectivity index (χ2n) is 5.88. The van der Waals surface area contributed by atoms with Gasteiger partial charge in [-0.3, -0.25) is 0 Å². The molecule has 0 bridgehead atoms. The van der Waals surface area contributed by atoms with Crippen LogP contribution in [-0.4, -0.2) is 11.7 Å². The van der Waals surface area contributed by atoms with Crippen molar-refractivity contribution >= 4 is 15.9 Å². The van der Waals surface area contributed by atoms with Crippen LogP contribution in [0.25, 0.3) is 0 Å². The highest BCUT2D eigenvalue weighted by Crippen LogP contribution is 2.30. The lowest BCUT2D eigenvalue weighted by Gasteiger charge is -2.26. The number of benzene rings is 1. The standard InChI is InChI=1S/C16H24BrNO/c1-12-2-4-13(5-3-12)8-9-18-11-14-6-7-16(19)15(17)10-14/h6-7,10,12-13,18-19H,2-5,8-9,11H2,1H3. The van der Waals surface area contributed by atoms with E-state index in [0.717, 1.165) is 29.4 Å². The van der Waals surface area contributed by atoms with Crippen LogP contribution in [0.2, 0.25) is 0 Å². The molecule has 2 nitrogen and oxygen atoms in total. The van der Waals surface area contributed by atoms with Gasteiger partial charge in [-0.25, -0.2) is 0 Å². The van der Waals surface area contributed by atoms with Crippen LogP contribution in [0.1, 0.15) is 44.6 Å². The molecule has 0 heterocycles. The monoisotopic (exact) mass is 325 g/mol. The maximum atomic E-state index is 9.44. The summed E-state index contributed by atoms with van der Waals surface area (Å²) >= 11 is 3.35. The van der Waals surface area contributed by atoms with Gasteiger partial charge in [-0.2, -0.15) is 0 Å². The molecule has 0 aromatic heterocycles. The van der Waals surface area contributed by atoms with Crippen molar-refractivity contribution in [1.29, 1.82) is 0 Å². The van der Waals surface area contributed by atoms with Gasteiger partial charge in [-0.15, -0.1) is 0 Å². The summed E-state index contributed by atoms with van der Waals surface area (Å²) in [7, 11) is 0. The molecule has 0 unspecified atom stereocenters. The van der Waals surface area contributed by atoms with Crippen LogP contribution in [0, 0.1) is 11.8 Å². The van der Waals surface area contributed by atoms with E-state index < -0.39 is 0 Å². The topological polar surface area (TPSA) is 32.3 Å². The van der Waals surface area contributed by atoms with Gasteiger partial charge in [0.2, 0.25) is 0 Å². The van der Waals surface area contributed by atoms with Crippen molar-refractivity contribution in [3.05, 3.63) is 28.2 Å². The minimum atomic E-state index is 0.306. The molecule has 106 valence electrons. The van der Waals surface area contributed by atoms with Gasteiger partial charge in [0.25, 0.3) is 0 Å². The van der Waals surface area contributed by atoms with Crippen molar-refractivity contribution in [3.63, 3.8) is 0 Å². The van der Waals surface area contributed by atoms with Crippen LogP contribution >= 0.6 is 15.9 Å². The lowest BCUT2D eigenvalue weighted by Crippen LogP contribution is -2.20. The van der Waals surface area contributed by atoms with Crippen LogP contribution in [0.4, 0.5) is 0 Å². The van der Waals surface area contributed by atoms with E-state index in [9.17, 15) is 5.11 Å². The van der Waals surface area contributed by atoms with E-state index in [1.165, 1.54) is 37.7 Å². The Labute approximate surface area is 124 Å². The number of nitrogens with one attached hydrogen (secondary N) is 1. The third kappa shape index (κ3) is 4.81. The fraction of sp³-hybridized carbons (Fsp3) is 0.625. The molecule has 0 atom stereocenters. The average Bonchev–Trinajstić information content (AvgIpc) is 2.41. The highest BCUT2D eigenvalue weighted by Gasteiger charge is 2.17. The van der Waals surface area contributed by atoms with Gasteiger partial charge in [-0.1, -0.05) is 38.7 Å². The summed E-state index contributed by atoms with van der Waals surface area (Å²) < 4.78 is 0.771. The zero-order valence-corrected chi connectivity index (χ0v) is 13.2. The Kier molecular flexibility index (Phi) is 5.71. The average molecular weight is 326 g/mol. The van der Waals surface area contributed by atoms with Gasteiger partial charge in [0.05, 0.1) is 4.47 Å². The van der Waals surface area contributed by atoms with Crippen LogP contribution in [0.3, 0.4) is 0 Å². The molecule has 1 fully saturated rings. The fourth-order valence-electron chi connectivity index (χ4n) is 2.82. The molecule has 1 saturated carbocycles. The number of phenols is 1. The summed E-state index contributed by atoms with van der Waals surface area (Å²) in [4.78, 5) is 0. The number of halogens is 1. The van der Waals surface area contributed by atoms with Crippen LogP contribution < -0.4 is 5.32 Å². The highest BCUT2D eigenvalue weighted by molar-refractivity contribution is 9.10. The van der Waals surface area contributed by atoms with E-state index in [1.807, 2.05) is 12.1 Å². The Balaban J connectivity index is 1.65. The van der Waals surface area contributed by atoms with Crippen LogP contribution in [0.15, 0.2) is 22.7 Å². The quantitative estimate of drug-likeness (QED) is 0.783. The van der Waals surface area contributed by atoms with Gasteiger partial charge < -0.3 is 10.4 Å². The van der Waals surface area contributed by atoms with Gasteiger partial charge in [0.15, 0.2) is 0 Å². The van der Waals surface area contributed by atoms with E-state index in [0.29, 0.717) is 5.75 Å². The van der Waals surface area contributed by atoms with Gasteiger partial charge in [-0.05, 0) is 58.4 Å². The number of rotatable bonds is 5. The maximum absolute atomic E-state index is 9.44. The minimum absolute atomic E-state index is 0.306. The first-order valence-electron chi connectivity index (χ1n) is 7.33. The maximum Gasteiger partial charge on any atom is 0.129 e. The minimum Gasteiger partial charge on any atom is -0.507 e. The molecule has 1 aromatic rings. The molecular weight excluding hydrogens is 302 g/mol. The zero-order valence-electron chi connectivity index (χ0n) is 11.7. The van der Waals surface area contributed by atoms with E-state index >= 15 is 0 Å². The summed E-state index contributed by atoms with van der Waals surface area (Å²) in [5.74, 6) is 2.17. The Morgan fingerprint density at radius 3 is 2.68 bits per heavy atom. The first kappa shape index (κ1) is 14.9. The number of hydrogen-bond acceptors (Lipinski definition) is 2. The summed E-state index contributed by atoms with van der Waals surface area (Å²) in [6.07, 6.45) is 6.94. The predicted molar refractivity (Wildman–Crippen MR) is 83.3 cm³/mol. The van der Waals surface area contributed by atoms with Crippen molar-refractivity contribution in [1.82, 2.24) is 5.32 Å². The number of hydrogen-bond donors (Lipinski definition) is 2. The Bertz CT molecular complexity index is 400. The largest absolute Gasteiger partial charge is 0.507 e. The molecule has 0 saturated heterocycles. The van der Waals surface area contributed by atoms with E-state index in [1.54, 1.807) is 6.07 Å². The molecule has 0 spiro atoms. The molecule has 1 aliphatic rings. The van der Waals surface area contributed by atoms with E-state index in [4.69, 9.17) is 0 Å². The molecule has 1 aliphatic carbocycles. The normalized spacial score (nSPS) is 23.5. The van der Waals surface area contributed by atoms with Crippen molar-refractivity contribution in [2.75, 3.05) is 6.54 Å². The predicted octanol–water partition coefficient (Wildman–Crippen LogP) is 4.46. The van der Waals surface area contributed by atoms with Gasteiger partial charge >= 0.3 is 0 Å². The summed E-state index contributed by atoms with van der Waals surface area (Å²) in [5, 5.41) is 12.9. The molecule has 1 aromatic carbocycles. The second kappa shape index (κ2) is 7.30. The SMILES string of the molecule is CC1CCC(CCNCc2ccc(O)c(Br)c2)CC1. The molecular formula is C16H24BrNO. The molecule has 3 heteroatoms. The molecule has 0 radical (unpaired) electrons. The molecule has 2 N–H and O–H groups in total. The van der Waals surface area contributed by atoms with E-state index in [2.05, 4.69) is 28.2 Å². The Hall–Kier alpha value is -0.540.